The fourth-order valence-electron chi connectivity index (χ4n) is 2.87. The first kappa shape index (κ1) is 12.8. The Balaban J connectivity index is 1.95. The average Bonchev–Trinajstić information content (AvgIpc) is 2.35. The van der Waals surface area contributed by atoms with E-state index >= 15 is 0 Å². The zero-order valence-corrected chi connectivity index (χ0v) is 11.3. The van der Waals surface area contributed by atoms with Gasteiger partial charge in [0.15, 0.2) is 0 Å². The Labute approximate surface area is 104 Å². The summed E-state index contributed by atoms with van der Waals surface area (Å²) in [7, 11) is 2.15. The maximum Gasteiger partial charge on any atom is 0.239 e. The molecule has 3 atom stereocenters. The maximum atomic E-state index is 12.4. The lowest BCUT2D eigenvalue weighted by Gasteiger charge is -2.43. The Hall–Kier alpha value is -0.610. The Kier molecular flexibility index (Phi) is 4.05. The molecule has 2 aliphatic heterocycles. The summed E-state index contributed by atoms with van der Waals surface area (Å²) in [5.74, 6) is 0.316. The summed E-state index contributed by atoms with van der Waals surface area (Å²) in [6, 6.07) is 1.00. The summed E-state index contributed by atoms with van der Waals surface area (Å²) in [4.78, 5) is 16.8. The third kappa shape index (κ3) is 2.80. The van der Waals surface area contributed by atoms with Crippen molar-refractivity contribution >= 4 is 5.91 Å². The largest absolute Gasteiger partial charge is 0.338 e. The van der Waals surface area contributed by atoms with Crippen LogP contribution >= 0.6 is 0 Å². The van der Waals surface area contributed by atoms with Gasteiger partial charge in [0.25, 0.3) is 0 Å². The molecule has 1 N–H and O–H groups in total. The number of carbonyl (C=O) groups is 1. The first-order chi connectivity index (χ1) is 8.09. The monoisotopic (exact) mass is 239 g/mol. The predicted molar refractivity (Wildman–Crippen MR) is 68.9 cm³/mol. The molecule has 98 valence electrons. The van der Waals surface area contributed by atoms with E-state index in [1.807, 2.05) is 0 Å². The van der Waals surface area contributed by atoms with Gasteiger partial charge in [0.05, 0.1) is 6.04 Å². The molecule has 3 unspecified atom stereocenters. The van der Waals surface area contributed by atoms with Gasteiger partial charge in [0.2, 0.25) is 5.91 Å². The molecule has 0 aromatic carbocycles. The van der Waals surface area contributed by atoms with Gasteiger partial charge < -0.3 is 10.2 Å². The van der Waals surface area contributed by atoms with Crippen LogP contribution in [-0.2, 0) is 4.79 Å². The molecular weight excluding hydrogens is 214 g/mol. The SMILES string of the molecule is CC1CN(C(=O)C2CCCCN2)CC(C)N1C. The minimum atomic E-state index is 0.0755. The van der Waals surface area contributed by atoms with E-state index in [4.69, 9.17) is 0 Å². The van der Waals surface area contributed by atoms with Crippen molar-refractivity contribution in [2.24, 2.45) is 0 Å². The third-order valence-electron chi connectivity index (χ3n) is 4.28. The van der Waals surface area contributed by atoms with E-state index in [-0.39, 0.29) is 6.04 Å². The van der Waals surface area contributed by atoms with E-state index in [9.17, 15) is 4.79 Å². The molecule has 4 heteroatoms. The Bertz CT molecular complexity index is 264. The van der Waals surface area contributed by atoms with E-state index in [0.717, 1.165) is 26.1 Å². The molecule has 17 heavy (non-hydrogen) atoms. The van der Waals surface area contributed by atoms with Crippen molar-refractivity contribution in [3.05, 3.63) is 0 Å². The minimum Gasteiger partial charge on any atom is -0.338 e. The fraction of sp³-hybridized carbons (Fsp3) is 0.923. The second-order valence-electron chi connectivity index (χ2n) is 5.61. The standard InChI is InChI=1S/C13H25N3O/c1-10-8-16(9-11(2)15(10)3)13(17)12-6-4-5-7-14-12/h10-12,14H,4-9H2,1-3H3. The van der Waals surface area contributed by atoms with Crippen LogP contribution in [0.25, 0.3) is 0 Å². The third-order valence-corrected chi connectivity index (χ3v) is 4.28. The molecule has 0 aliphatic carbocycles. The summed E-state index contributed by atoms with van der Waals surface area (Å²) >= 11 is 0. The van der Waals surface area contributed by atoms with Crippen LogP contribution in [0.3, 0.4) is 0 Å². The number of rotatable bonds is 1. The number of hydrogen-bond acceptors (Lipinski definition) is 3. The van der Waals surface area contributed by atoms with Gasteiger partial charge in [-0.3, -0.25) is 9.69 Å². The van der Waals surface area contributed by atoms with E-state index in [1.165, 1.54) is 12.8 Å². The molecule has 0 aromatic rings. The van der Waals surface area contributed by atoms with E-state index < -0.39 is 0 Å². The van der Waals surface area contributed by atoms with Gasteiger partial charge >= 0.3 is 0 Å². The van der Waals surface area contributed by atoms with Crippen molar-refractivity contribution in [2.45, 2.75) is 51.2 Å². The maximum absolute atomic E-state index is 12.4. The summed E-state index contributed by atoms with van der Waals surface area (Å²) in [5, 5.41) is 3.35. The van der Waals surface area contributed by atoms with Gasteiger partial charge in [-0.25, -0.2) is 0 Å². The number of likely N-dealkylation sites (N-methyl/N-ethyl adjacent to an activating group) is 1. The highest BCUT2D eigenvalue weighted by molar-refractivity contribution is 5.82. The molecule has 2 fully saturated rings. The second kappa shape index (κ2) is 5.36. The minimum absolute atomic E-state index is 0.0755. The van der Waals surface area contributed by atoms with E-state index in [1.54, 1.807) is 0 Å². The van der Waals surface area contributed by atoms with Gasteiger partial charge in [-0.1, -0.05) is 6.42 Å². The lowest BCUT2D eigenvalue weighted by molar-refractivity contribution is -0.138. The summed E-state index contributed by atoms with van der Waals surface area (Å²) in [6.45, 7) is 7.14. The number of nitrogens with one attached hydrogen (secondary N) is 1. The van der Waals surface area contributed by atoms with Crippen LogP contribution in [0.15, 0.2) is 0 Å². The highest BCUT2D eigenvalue weighted by Gasteiger charge is 2.32. The molecule has 0 radical (unpaired) electrons. The van der Waals surface area contributed by atoms with E-state index in [0.29, 0.717) is 18.0 Å². The van der Waals surface area contributed by atoms with Crippen molar-refractivity contribution in [1.29, 1.82) is 0 Å². The molecule has 2 rings (SSSR count). The number of hydrogen-bond donors (Lipinski definition) is 1. The van der Waals surface area contributed by atoms with Crippen LogP contribution < -0.4 is 5.32 Å². The molecule has 0 aromatic heterocycles. The van der Waals surface area contributed by atoms with Crippen LogP contribution in [0.1, 0.15) is 33.1 Å². The van der Waals surface area contributed by atoms with E-state index in [2.05, 4.69) is 36.0 Å². The number of piperazine rings is 1. The molecule has 1 amide bonds. The molecule has 0 saturated carbocycles. The molecule has 2 saturated heterocycles. The van der Waals surface area contributed by atoms with Crippen LogP contribution in [0.5, 0.6) is 0 Å². The number of nitrogens with zero attached hydrogens (tertiary/aromatic N) is 2. The highest BCUT2D eigenvalue weighted by atomic mass is 16.2. The summed E-state index contributed by atoms with van der Waals surface area (Å²) in [6.07, 6.45) is 3.40. The lowest BCUT2D eigenvalue weighted by Crippen LogP contribution is -2.60. The van der Waals surface area contributed by atoms with Crippen LogP contribution in [-0.4, -0.2) is 60.5 Å². The molecule has 2 heterocycles. The molecule has 2 aliphatic rings. The van der Waals surface area contributed by atoms with Crippen LogP contribution in [0.2, 0.25) is 0 Å². The average molecular weight is 239 g/mol. The second-order valence-corrected chi connectivity index (χ2v) is 5.61. The van der Waals surface area contributed by atoms with Crippen molar-refractivity contribution in [3.8, 4) is 0 Å². The lowest BCUT2D eigenvalue weighted by atomic mass is 10.0. The zero-order valence-electron chi connectivity index (χ0n) is 11.3. The molecular formula is C13H25N3O. The first-order valence-corrected chi connectivity index (χ1v) is 6.83. The quantitative estimate of drug-likeness (QED) is 0.731. The molecule has 0 spiro atoms. The predicted octanol–water partition coefficient (Wildman–Crippen LogP) is 0.680. The number of amides is 1. The first-order valence-electron chi connectivity index (χ1n) is 6.83. The Morgan fingerprint density at radius 3 is 2.35 bits per heavy atom. The normalized spacial score (nSPS) is 35.9. The van der Waals surface area contributed by atoms with Crippen molar-refractivity contribution in [3.63, 3.8) is 0 Å². The van der Waals surface area contributed by atoms with Gasteiger partial charge in [-0.2, -0.15) is 0 Å². The van der Waals surface area contributed by atoms with Gasteiger partial charge in [0, 0.05) is 25.2 Å². The fourth-order valence-corrected chi connectivity index (χ4v) is 2.87. The van der Waals surface area contributed by atoms with Crippen LogP contribution in [0, 0.1) is 0 Å². The summed E-state index contributed by atoms with van der Waals surface area (Å²) in [5.41, 5.74) is 0. The van der Waals surface area contributed by atoms with Crippen LogP contribution in [0.4, 0.5) is 0 Å². The van der Waals surface area contributed by atoms with Crippen molar-refractivity contribution in [2.75, 3.05) is 26.7 Å². The van der Waals surface area contributed by atoms with Crippen molar-refractivity contribution in [1.82, 2.24) is 15.1 Å². The van der Waals surface area contributed by atoms with Gasteiger partial charge in [0.1, 0.15) is 0 Å². The highest BCUT2D eigenvalue weighted by Crippen LogP contribution is 2.16. The molecule has 0 bridgehead atoms. The summed E-state index contributed by atoms with van der Waals surface area (Å²) < 4.78 is 0. The topological polar surface area (TPSA) is 35.6 Å². The van der Waals surface area contributed by atoms with Gasteiger partial charge in [-0.05, 0) is 40.3 Å². The van der Waals surface area contributed by atoms with Crippen molar-refractivity contribution < 1.29 is 4.79 Å². The smallest absolute Gasteiger partial charge is 0.239 e. The van der Waals surface area contributed by atoms with Gasteiger partial charge in [-0.15, -0.1) is 0 Å². The Morgan fingerprint density at radius 2 is 1.82 bits per heavy atom. The zero-order chi connectivity index (χ0) is 12.4. The number of piperidine rings is 1. The number of carbonyl (C=O) groups excluding carboxylic acids is 1. The Morgan fingerprint density at radius 1 is 1.18 bits per heavy atom. The molecule has 4 nitrogen and oxygen atoms in total.